The lowest BCUT2D eigenvalue weighted by Crippen LogP contribution is -2.28. The van der Waals surface area contributed by atoms with Gasteiger partial charge in [-0.25, -0.2) is 9.18 Å². The predicted molar refractivity (Wildman–Crippen MR) is 86.4 cm³/mol. The van der Waals surface area contributed by atoms with Crippen LogP contribution in [0.2, 0.25) is 0 Å². The van der Waals surface area contributed by atoms with Crippen molar-refractivity contribution in [2.75, 3.05) is 6.61 Å². The third kappa shape index (κ3) is 5.10. The molecule has 0 heterocycles. The van der Waals surface area contributed by atoms with Gasteiger partial charge in [0.05, 0.1) is 10.5 Å². The normalized spacial score (nSPS) is 10.2. The van der Waals surface area contributed by atoms with Crippen LogP contribution in [0.5, 0.6) is 0 Å². The van der Waals surface area contributed by atoms with Crippen molar-refractivity contribution in [3.63, 3.8) is 0 Å². The van der Waals surface area contributed by atoms with Crippen LogP contribution in [-0.4, -0.2) is 23.4 Å². The van der Waals surface area contributed by atoms with Gasteiger partial charge in [0.1, 0.15) is 5.82 Å². The van der Waals surface area contributed by atoms with Gasteiger partial charge in [0.15, 0.2) is 6.61 Å². The highest BCUT2D eigenvalue weighted by Crippen LogP contribution is 2.19. The molecule has 1 N–H and O–H groups in total. The van der Waals surface area contributed by atoms with Crippen molar-refractivity contribution in [3.05, 3.63) is 75.1 Å². The van der Waals surface area contributed by atoms with Crippen molar-refractivity contribution in [3.8, 4) is 0 Å². The molecule has 0 aliphatic rings. The highest BCUT2D eigenvalue weighted by Gasteiger charge is 2.16. The first-order valence-corrected chi connectivity index (χ1v) is 7.30. The van der Waals surface area contributed by atoms with Gasteiger partial charge in [-0.1, -0.05) is 18.2 Å². The number of benzene rings is 2. The largest absolute Gasteiger partial charge is 0.452 e. The van der Waals surface area contributed by atoms with E-state index in [0.29, 0.717) is 11.1 Å². The summed E-state index contributed by atoms with van der Waals surface area (Å²) in [5.74, 6) is -1.75. The molecule has 7 nitrogen and oxygen atoms in total. The highest BCUT2D eigenvalue weighted by atomic mass is 19.1. The molecule has 0 aliphatic heterocycles. The first-order valence-electron chi connectivity index (χ1n) is 7.30. The van der Waals surface area contributed by atoms with Gasteiger partial charge in [0.2, 0.25) is 0 Å². The first kappa shape index (κ1) is 18.1. The SMILES string of the molecule is Cc1ccc(C(=O)OCC(=O)NCc2ccc(F)cc2)cc1[N+](=O)[O-]. The average molecular weight is 346 g/mol. The molecule has 0 aliphatic carbocycles. The van der Waals surface area contributed by atoms with E-state index in [4.69, 9.17) is 4.74 Å². The molecular formula is C17H15FN2O5. The number of nitrogens with zero attached hydrogens (tertiary/aromatic N) is 1. The number of esters is 1. The fraction of sp³-hybridized carbons (Fsp3) is 0.176. The van der Waals surface area contributed by atoms with E-state index in [2.05, 4.69) is 5.32 Å². The molecule has 0 unspecified atom stereocenters. The lowest BCUT2D eigenvalue weighted by Gasteiger charge is -2.07. The van der Waals surface area contributed by atoms with Crippen molar-refractivity contribution >= 4 is 17.6 Å². The summed E-state index contributed by atoms with van der Waals surface area (Å²) in [6.07, 6.45) is 0. The first-order chi connectivity index (χ1) is 11.9. The summed E-state index contributed by atoms with van der Waals surface area (Å²) in [6, 6.07) is 9.51. The maximum Gasteiger partial charge on any atom is 0.338 e. The summed E-state index contributed by atoms with van der Waals surface area (Å²) < 4.78 is 17.6. The zero-order chi connectivity index (χ0) is 18.4. The lowest BCUT2D eigenvalue weighted by molar-refractivity contribution is -0.385. The van der Waals surface area contributed by atoms with Crippen LogP contribution in [0, 0.1) is 22.9 Å². The summed E-state index contributed by atoms with van der Waals surface area (Å²) in [6.45, 7) is 1.19. The Balaban J connectivity index is 1.87. The van der Waals surface area contributed by atoms with E-state index >= 15 is 0 Å². The molecule has 0 saturated carbocycles. The van der Waals surface area contributed by atoms with Gasteiger partial charge in [-0.2, -0.15) is 0 Å². The smallest absolute Gasteiger partial charge is 0.338 e. The Morgan fingerprint density at radius 1 is 1.20 bits per heavy atom. The minimum absolute atomic E-state index is 0.0105. The summed E-state index contributed by atoms with van der Waals surface area (Å²) >= 11 is 0. The van der Waals surface area contributed by atoms with Gasteiger partial charge in [-0.05, 0) is 30.7 Å². The fourth-order valence-corrected chi connectivity index (χ4v) is 2.00. The second-order valence-electron chi connectivity index (χ2n) is 5.24. The summed E-state index contributed by atoms with van der Waals surface area (Å²) in [5.41, 5.74) is 0.896. The van der Waals surface area contributed by atoms with Crippen LogP contribution in [0.15, 0.2) is 42.5 Å². The van der Waals surface area contributed by atoms with Crippen LogP contribution in [0.25, 0.3) is 0 Å². The van der Waals surface area contributed by atoms with Crippen molar-refractivity contribution in [2.45, 2.75) is 13.5 Å². The van der Waals surface area contributed by atoms with E-state index in [9.17, 15) is 24.1 Å². The van der Waals surface area contributed by atoms with E-state index in [1.807, 2.05) is 0 Å². The minimum Gasteiger partial charge on any atom is -0.452 e. The Bertz CT molecular complexity index is 805. The maximum absolute atomic E-state index is 12.8. The Kier molecular flexibility index (Phi) is 5.78. The molecule has 2 rings (SSSR count). The zero-order valence-corrected chi connectivity index (χ0v) is 13.3. The molecule has 25 heavy (non-hydrogen) atoms. The number of hydrogen-bond donors (Lipinski definition) is 1. The molecule has 2 aromatic rings. The Morgan fingerprint density at radius 2 is 1.88 bits per heavy atom. The molecule has 8 heteroatoms. The predicted octanol–water partition coefficient (Wildman–Crippen LogP) is 2.52. The van der Waals surface area contributed by atoms with Gasteiger partial charge in [0, 0.05) is 18.2 Å². The van der Waals surface area contributed by atoms with E-state index < -0.39 is 23.4 Å². The Hall–Kier alpha value is -3.29. The molecule has 0 atom stereocenters. The van der Waals surface area contributed by atoms with Gasteiger partial charge in [0.25, 0.3) is 11.6 Å². The average Bonchev–Trinajstić information content (AvgIpc) is 2.59. The number of carbonyl (C=O) groups excluding carboxylic acids is 2. The number of rotatable bonds is 6. The van der Waals surface area contributed by atoms with Crippen molar-refractivity contribution < 1.29 is 23.6 Å². The van der Waals surface area contributed by atoms with E-state index in [1.54, 1.807) is 6.92 Å². The van der Waals surface area contributed by atoms with Gasteiger partial charge in [-0.3, -0.25) is 14.9 Å². The molecule has 1 amide bonds. The van der Waals surface area contributed by atoms with Gasteiger partial charge < -0.3 is 10.1 Å². The number of hydrogen-bond acceptors (Lipinski definition) is 5. The topological polar surface area (TPSA) is 98.5 Å². The van der Waals surface area contributed by atoms with Crippen LogP contribution in [-0.2, 0) is 16.1 Å². The standard InChI is InChI=1S/C17H15FN2O5/c1-11-2-5-13(8-15(11)20(23)24)17(22)25-10-16(21)19-9-12-3-6-14(18)7-4-12/h2-8H,9-10H2,1H3,(H,19,21). The number of aryl methyl sites for hydroxylation is 1. The highest BCUT2D eigenvalue weighted by molar-refractivity contribution is 5.92. The van der Waals surface area contributed by atoms with Crippen molar-refractivity contribution in [2.24, 2.45) is 0 Å². The maximum atomic E-state index is 12.8. The molecular weight excluding hydrogens is 331 g/mol. The van der Waals surface area contributed by atoms with E-state index in [0.717, 1.165) is 6.07 Å². The molecule has 130 valence electrons. The van der Waals surface area contributed by atoms with E-state index in [-0.39, 0.29) is 23.6 Å². The second-order valence-corrected chi connectivity index (χ2v) is 5.24. The molecule has 2 aromatic carbocycles. The Morgan fingerprint density at radius 3 is 2.52 bits per heavy atom. The number of halogens is 1. The molecule has 0 radical (unpaired) electrons. The number of amides is 1. The van der Waals surface area contributed by atoms with Gasteiger partial charge >= 0.3 is 5.97 Å². The zero-order valence-electron chi connectivity index (χ0n) is 13.3. The van der Waals surface area contributed by atoms with Crippen LogP contribution in [0.4, 0.5) is 10.1 Å². The third-order valence-corrected chi connectivity index (χ3v) is 3.38. The van der Waals surface area contributed by atoms with Gasteiger partial charge in [-0.15, -0.1) is 0 Å². The van der Waals surface area contributed by atoms with E-state index in [1.165, 1.54) is 36.4 Å². The number of carbonyl (C=O) groups is 2. The second kappa shape index (κ2) is 8.00. The van der Waals surface area contributed by atoms with Crippen LogP contribution >= 0.6 is 0 Å². The molecule has 0 spiro atoms. The number of nitrogens with one attached hydrogen (secondary N) is 1. The van der Waals surface area contributed by atoms with Crippen molar-refractivity contribution in [1.29, 1.82) is 0 Å². The summed E-state index contributed by atoms with van der Waals surface area (Å²) in [4.78, 5) is 33.8. The third-order valence-electron chi connectivity index (χ3n) is 3.38. The minimum atomic E-state index is -0.833. The number of nitro benzene ring substituents is 1. The van der Waals surface area contributed by atoms with Crippen LogP contribution < -0.4 is 5.32 Å². The van der Waals surface area contributed by atoms with Crippen LogP contribution in [0.1, 0.15) is 21.5 Å². The van der Waals surface area contributed by atoms with Crippen LogP contribution in [0.3, 0.4) is 0 Å². The molecule has 0 aromatic heterocycles. The molecule has 0 fully saturated rings. The van der Waals surface area contributed by atoms with Crippen molar-refractivity contribution in [1.82, 2.24) is 5.32 Å². The molecule has 0 bridgehead atoms. The number of ether oxygens (including phenoxy) is 1. The summed E-state index contributed by atoms with van der Waals surface area (Å²) in [5, 5.41) is 13.4. The Labute approximate surface area is 142 Å². The lowest BCUT2D eigenvalue weighted by atomic mass is 10.1. The number of nitro groups is 1. The monoisotopic (exact) mass is 346 g/mol. The quantitative estimate of drug-likeness (QED) is 0.492. The fourth-order valence-electron chi connectivity index (χ4n) is 2.00. The molecule has 0 saturated heterocycles. The summed E-state index contributed by atoms with van der Waals surface area (Å²) in [7, 11) is 0.